The van der Waals surface area contributed by atoms with Gasteiger partial charge in [-0.05, 0) is 18.3 Å². The van der Waals surface area contributed by atoms with E-state index in [0.29, 0.717) is 23.6 Å². The third kappa shape index (κ3) is 1.04. The molecule has 0 aromatic rings. The zero-order valence-electron chi connectivity index (χ0n) is 8.53. The van der Waals surface area contributed by atoms with Crippen molar-refractivity contribution in [2.45, 2.75) is 31.4 Å². The van der Waals surface area contributed by atoms with Crippen molar-refractivity contribution in [2.24, 2.45) is 11.8 Å². The minimum Gasteiger partial charge on any atom is -0.391 e. The fourth-order valence-corrected chi connectivity index (χ4v) is 4.31. The largest absolute Gasteiger partial charge is 0.391 e. The lowest BCUT2D eigenvalue weighted by Crippen LogP contribution is -2.54. The maximum absolute atomic E-state index is 11.6. The summed E-state index contributed by atoms with van der Waals surface area (Å²) in [5.74, 6) is 0.922. The molecule has 0 spiro atoms. The maximum Gasteiger partial charge on any atom is 0.223 e. The van der Waals surface area contributed by atoms with Crippen LogP contribution in [0.2, 0.25) is 0 Å². The van der Waals surface area contributed by atoms with E-state index in [4.69, 9.17) is 0 Å². The molecule has 1 saturated carbocycles. The first-order valence-corrected chi connectivity index (χ1v) is 6.17. The highest BCUT2D eigenvalue weighted by molar-refractivity contribution is 9.09. The Morgan fingerprint density at radius 2 is 2.36 bits per heavy atom. The fourth-order valence-electron chi connectivity index (χ4n) is 3.15. The van der Waals surface area contributed by atoms with Gasteiger partial charge in [0.25, 0.3) is 0 Å². The van der Waals surface area contributed by atoms with Crippen LogP contribution in [-0.4, -0.2) is 39.9 Å². The first-order valence-electron chi connectivity index (χ1n) is 5.04. The Hall–Kier alpha value is -0.0900. The summed E-state index contributed by atoms with van der Waals surface area (Å²) in [6.45, 7) is 2.13. The molecule has 0 radical (unpaired) electrons. The molecule has 1 amide bonds. The molecule has 1 N–H and O–H groups in total. The van der Waals surface area contributed by atoms with Crippen molar-refractivity contribution < 1.29 is 9.90 Å². The Bertz CT molecular complexity index is 271. The molecule has 0 aromatic carbocycles. The van der Waals surface area contributed by atoms with Crippen LogP contribution in [0, 0.1) is 11.8 Å². The summed E-state index contributed by atoms with van der Waals surface area (Å²) in [7, 11) is 1.81. The third-order valence-electron chi connectivity index (χ3n) is 4.11. The van der Waals surface area contributed by atoms with Crippen LogP contribution in [0.25, 0.3) is 0 Å². The van der Waals surface area contributed by atoms with Gasteiger partial charge in [0.2, 0.25) is 5.91 Å². The highest BCUT2D eigenvalue weighted by atomic mass is 79.9. The van der Waals surface area contributed by atoms with Crippen LogP contribution in [0.1, 0.15) is 19.8 Å². The van der Waals surface area contributed by atoms with Crippen LogP contribution < -0.4 is 0 Å². The van der Waals surface area contributed by atoms with Crippen molar-refractivity contribution >= 4 is 21.8 Å². The number of likely N-dealkylation sites (N-methyl/N-ethyl adjacent to an activating group) is 1. The van der Waals surface area contributed by atoms with Crippen LogP contribution in [0.4, 0.5) is 0 Å². The van der Waals surface area contributed by atoms with Crippen LogP contribution >= 0.6 is 15.9 Å². The van der Waals surface area contributed by atoms with E-state index in [2.05, 4.69) is 22.9 Å². The molecule has 2 fully saturated rings. The quantitative estimate of drug-likeness (QED) is 0.716. The van der Waals surface area contributed by atoms with E-state index in [1.54, 1.807) is 4.90 Å². The number of alkyl halides is 1. The fraction of sp³-hybridized carbons (Fsp3) is 0.900. The lowest BCUT2D eigenvalue weighted by atomic mass is 9.85. The summed E-state index contributed by atoms with van der Waals surface area (Å²) in [4.78, 5) is 13.4. The summed E-state index contributed by atoms with van der Waals surface area (Å²) in [6, 6.07) is 0. The third-order valence-corrected chi connectivity index (χ3v) is 5.01. The van der Waals surface area contributed by atoms with Crippen LogP contribution in [0.3, 0.4) is 0 Å². The van der Waals surface area contributed by atoms with E-state index in [1.165, 1.54) is 0 Å². The van der Waals surface area contributed by atoms with Gasteiger partial charge < -0.3 is 10.0 Å². The number of rotatable bonds is 1. The SMILES string of the molecule is C[C@@H]1C[C@H](O)[C@]2(CBr)[C@H]1CC(=O)N2C. The number of hydrogen-bond donors (Lipinski definition) is 1. The van der Waals surface area contributed by atoms with Gasteiger partial charge in [-0.1, -0.05) is 22.9 Å². The number of carbonyl (C=O) groups is 1. The molecule has 3 nitrogen and oxygen atoms in total. The van der Waals surface area contributed by atoms with E-state index < -0.39 is 0 Å². The number of amides is 1. The van der Waals surface area contributed by atoms with Gasteiger partial charge in [0.1, 0.15) is 0 Å². The zero-order valence-corrected chi connectivity index (χ0v) is 10.1. The second-order valence-electron chi connectivity index (χ2n) is 4.62. The molecule has 0 bridgehead atoms. The van der Waals surface area contributed by atoms with Crippen molar-refractivity contribution in [3.05, 3.63) is 0 Å². The average molecular weight is 262 g/mol. The lowest BCUT2D eigenvalue weighted by molar-refractivity contribution is -0.131. The van der Waals surface area contributed by atoms with Gasteiger partial charge >= 0.3 is 0 Å². The molecule has 4 heteroatoms. The Morgan fingerprint density at radius 1 is 1.71 bits per heavy atom. The summed E-state index contributed by atoms with van der Waals surface area (Å²) < 4.78 is 0. The first kappa shape index (κ1) is 10.4. The molecule has 1 aliphatic carbocycles. The van der Waals surface area contributed by atoms with E-state index >= 15 is 0 Å². The minimum atomic E-state index is -0.377. The highest BCUT2D eigenvalue weighted by Crippen LogP contribution is 2.50. The highest BCUT2D eigenvalue weighted by Gasteiger charge is 2.60. The maximum atomic E-state index is 11.6. The predicted octanol–water partition coefficient (Wildman–Crippen LogP) is 0.999. The van der Waals surface area contributed by atoms with Crippen molar-refractivity contribution in [3.8, 4) is 0 Å². The molecule has 2 aliphatic rings. The number of carbonyl (C=O) groups excluding carboxylic acids is 1. The van der Waals surface area contributed by atoms with Gasteiger partial charge in [0.15, 0.2) is 0 Å². The second kappa shape index (κ2) is 3.20. The monoisotopic (exact) mass is 261 g/mol. The topological polar surface area (TPSA) is 40.5 Å². The standard InChI is InChI=1S/C10H16BrNO2/c1-6-3-8(13)10(5-11)7(6)4-9(14)12(10)2/h6-8,13H,3-5H2,1-2H3/t6-,7+,8+,10+/m1/s1. The van der Waals surface area contributed by atoms with Gasteiger partial charge in [-0.25, -0.2) is 0 Å². The van der Waals surface area contributed by atoms with E-state index in [9.17, 15) is 9.90 Å². The molecule has 4 atom stereocenters. The van der Waals surface area contributed by atoms with Crippen LogP contribution in [0.15, 0.2) is 0 Å². The molecule has 0 aromatic heterocycles. The number of aliphatic hydroxyl groups excluding tert-OH is 1. The zero-order chi connectivity index (χ0) is 10.5. The number of nitrogens with zero attached hydrogens (tertiary/aromatic N) is 1. The molecule has 80 valence electrons. The number of fused-ring (bicyclic) bond motifs is 1. The molecule has 1 saturated heterocycles. The predicted molar refractivity (Wildman–Crippen MR) is 57.2 cm³/mol. The van der Waals surface area contributed by atoms with Gasteiger partial charge in [-0.3, -0.25) is 4.79 Å². The molecule has 2 rings (SSSR count). The summed E-state index contributed by atoms with van der Waals surface area (Å²) in [5, 5.41) is 10.8. The molecule has 14 heavy (non-hydrogen) atoms. The molecule has 1 aliphatic heterocycles. The van der Waals surface area contributed by atoms with Crippen LogP contribution in [0.5, 0.6) is 0 Å². The van der Waals surface area contributed by atoms with Gasteiger partial charge in [0.05, 0.1) is 11.6 Å². The Morgan fingerprint density at radius 3 is 2.86 bits per heavy atom. The molecular weight excluding hydrogens is 246 g/mol. The number of hydrogen-bond acceptors (Lipinski definition) is 2. The Labute approximate surface area is 92.6 Å². The lowest BCUT2D eigenvalue weighted by Gasteiger charge is -2.37. The number of likely N-dealkylation sites (tertiary alicyclic amines) is 1. The number of aliphatic hydroxyl groups is 1. The van der Waals surface area contributed by atoms with Crippen molar-refractivity contribution in [1.82, 2.24) is 4.90 Å². The number of halogens is 1. The normalized spacial score (nSPS) is 47.3. The Kier molecular flexibility index (Phi) is 2.39. The van der Waals surface area contributed by atoms with Crippen molar-refractivity contribution in [3.63, 3.8) is 0 Å². The summed E-state index contributed by atoms with van der Waals surface area (Å²) in [6.07, 6.45) is 1.03. The van der Waals surface area contributed by atoms with Gasteiger partial charge in [-0.2, -0.15) is 0 Å². The molecule has 0 unspecified atom stereocenters. The molecule has 1 heterocycles. The van der Waals surface area contributed by atoms with E-state index in [1.807, 2.05) is 7.05 Å². The van der Waals surface area contributed by atoms with Gasteiger partial charge in [0, 0.05) is 18.8 Å². The van der Waals surface area contributed by atoms with Crippen molar-refractivity contribution in [2.75, 3.05) is 12.4 Å². The van der Waals surface area contributed by atoms with Crippen LogP contribution in [-0.2, 0) is 4.79 Å². The van der Waals surface area contributed by atoms with E-state index in [0.717, 1.165) is 6.42 Å². The second-order valence-corrected chi connectivity index (χ2v) is 5.18. The van der Waals surface area contributed by atoms with Gasteiger partial charge in [-0.15, -0.1) is 0 Å². The summed E-state index contributed by atoms with van der Waals surface area (Å²) >= 11 is 3.46. The Balaban J connectivity index is 2.40. The smallest absolute Gasteiger partial charge is 0.223 e. The van der Waals surface area contributed by atoms with E-state index in [-0.39, 0.29) is 17.6 Å². The average Bonchev–Trinajstić information content (AvgIpc) is 2.53. The van der Waals surface area contributed by atoms with Crippen molar-refractivity contribution in [1.29, 1.82) is 0 Å². The summed E-state index contributed by atoms with van der Waals surface area (Å²) in [5.41, 5.74) is -0.337. The minimum absolute atomic E-state index is 0.167. The first-order chi connectivity index (χ1) is 6.54. The molecular formula is C10H16BrNO2.